The van der Waals surface area contributed by atoms with Gasteiger partial charge in [-0.2, -0.15) is 9.61 Å². The fraction of sp³-hybridized carbons (Fsp3) is 0.176. The van der Waals surface area contributed by atoms with Crippen LogP contribution in [-0.2, 0) is 11.2 Å². The van der Waals surface area contributed by atoms with Crippen LogP contribution in [0, 0.1) is 0 Å². The van der Waals surface area contributed by atoms with Crippen LogP contribution in [0.25, 0.3) is 16.6 Å². The van der Waals surface area contributed by atoms with Crippen LogP contribution in [0.4, 0.5) is 5.69 Å². The number of benzene rings is 1. The zero-order valence-corrected chi connectivity index (χ0v) is 14.0. The van der Waals surface area contributed by atoms with Crippen LogP contribution in [0.1, 0.15) is 18.7 Å². The smallest absolute Gasteiger partial charge is 0.224 e. The molecule has 4 aromatic rings. The third-order valence-electron chi connectivity index (χ3n) is 3.94. The highest BCUT2D eigenvalue weighted by molar-refractivity contribution is 6.29. The van der Waals surface area contributed by atoms with Gasteiger partial charge in [-0.15, -0.1) is 10.2 Å². The minimum Gasteiger partial charge on any atom is -0.361 e. The van der Waals surface area contributed by atoms with Crippen LogP contribution in [0.5, 0.6) is 0 Å². The standard InChI is InChI=1S/C17H15ClN6O/c18-14-6-7-16-22-21-15(24(16)23-14)2-1-3-17(25)20-12-5-4-11-8-9-19-13(11)10-12/h4-10,19H,1-3H2,(H,20,25). The molecule has 25 heavy (non-hydrogen) atoms. The molecule has 4 rings (SSSR count). The molecule has 0 saturated heterocycles. The number of carbonyl (C=O) groups is 1. The van der Waals surface area contributed by atoms with Gasteiger partial charge in [0.05, 0.1) is 0 Å². The second kappa shape index (κ2) is 6.52. The van der Waals surface area contributed by atoms with Crippen LogP contribution in [0.15, 0.2) is 42.6 Å². The largest absolute Gasteiger partial charge is 0.361 e. The van der Waals surface area contributed by atoms with Crippen molar-refractivity contribution in [3.63, 3.8) is 0 Å². The number of hydrogen-bond donors (Lipinski definition) is 2. The number of fused-ring (bicyclic) bond motifs is 2. The molecule has 0 fully saturated rings. The van der Waals surface area contributed by atoms with Crippen molar-refractivity contribution in [3.8, 4) is 0 Å². The molecule has 8 heteroatoms. The predicted molar refractivity (Wildman–Crippen MR) is 95.7 cm³/mol. The summed E-state index contributed by atoms with van der Waals surface area (Å²) in [4.78, 5) is 15.3. The summed E-state index contributed by atoms with van der Waals surface area (Å²) in [5.41, 5.74) is 2.42. The van der Waals surface area contributed by atoms with Crippen molar-refractivity contribution in [1.29, 1.82) is 0 Å². The van der Waals surface area contributed by atoms with Crippen molar-refractivity contribution in [3.05, 3.63) is 53.6 Å². The number of aromatic nitrogens is 5. The maximum Gasteiger partial charge on any atom is 0.224 e. The Bertz CT molecular complexity index is 1050. The molecule has 1 aromatic carbocycles. The van der Waals surface area contributed by atoms with Gasteiger partial charge < -0.3 is 10.3 Å². The van der Waals surface area contributed by atoms with Gasteiger partial charge in [0.15, 0.2) is 11.5 Å². The molecule has 2 N–H and O–H groups in total. The summed E-state index contributed by atoms with van der Waals surface area (Å²) in [6.45, 7) is 0. The van der Waals surface area contributed by atoms with Crippen molar-refractivity contribution >= 4 is 39.7 Å². The highest BCUT2D eigenvalue weighted by Crippen LogP contribution is 2.18. The molecule has 0 aliphatic rings. The Morgan fingerprint density at radius 1 is 1.20 bits per heavy atom. The minimum absolute atomic E-state index is 0.0364. The minimum atomic E-state index is -0.0364. The van der Waals surface area contributed by atoms with Gasteiger partial charge in [-0.25, -0.2) is 0 Å². The molecule has 0 unspecified atom stereocenters. The molecular weight excluding hydrogens is 340 g/mol. The van der Waals surface area contributed by atoms with Crippen LogP contribution in [0.2, 0.25) is 5.15 Å². The number of rotatable bonds is 5. The van der Waals surface area contributed by atoms with E-state index in [4.69, 9.17) is 11.6 Å². The molecule has 0 radical (unpaired) electrons. The van der Waals surface area contributed by atoms with Gasteiger partial charge in [-0.3, -0.25) is 4.79 Å². The number of aromatic amines is 1. The Balaban J connectivity index is 1.35. The second-order valence-corrected chi connectivity index (χ2v) is 6.11. The van der Waals surface area contributed by atoms with Gasteiger partial charge in [0, 0.05) is 30.2 Å². The normalized spacial score (nSPS) is 11.2. The Morgan fingerprint density at radius 3 is 3.04 bits per heavy atom. The quantitative estimate of drug-likeness (QED) is 0.576. The number of nitrogens with zero attached hydrogens (tertiary/aromatic N) is 4. The number of anilines is 1. The molecule has 1 amide bonds. The SMILES string of the molecule is O=C(CCCc1nnc2ccc(Cl)nn12)Nc1ccc2cc[nH]c2c1. The summed E-state index contributed by atoms with van der Waals surface area (Å²) in [6.07, 6.45) is 3.50. The maximum absolute atomic E-state index is 12.1. The van der Waals surface area contributed by atoms with Crippen LogP contribution >= 0.6 is 11.6 Å². The first-order chi connectivity index (χ1) is 12.2. The molecule has 0 atom stereocenters. The van der Waals surface area contributed by atoms with E-state index in [0.717, 1.165) is 16.6 Å². The summed E-state index contributed by atoms with van der Waals surface area (Å²) in [5, 5.41) is 16.7. The number of amides is 1. The molecule has 3 heterocycles. The molecule has 126 valence electrons. The Labute approximate surface area is 148 Å². The first-order valence-electron chi connectivity index (χ1n) is 7.93. The summed E-state index contributed by atoms with van der Waals surface area (Å²) in [5.74, 6) is 0.656. The molecule has 0 spiro atoms. The lowest BCUT2D eigenvalue weighted by Gasteiger charge is -2.05. The van der Waals surface area contributed by atoms with E-state index in [2.05, 4.69) is 25.6 Å². The second-order valence-electron chi connectivity index (χ2n) is 5.72. The van der Waals surface area contributed by atoms with Gasteiger partial charge in [0.1, 0.15) is 5.15 Å². The van der Waals surface area contributed by atoms with Gasteiger partial charge in [-0.1, -0.05) is 17.7 Å². The lowest BCUT2D eigenvalue weighted by Crippen LogP contribution is -2.12. The number of nitrogens with one attached hydrogen (secondary N) is 2. The fourth-order valence-corrected chi connectivity index (χ4v) is 2.86. The number of hydrogen-bond acceptors (Lipinski definition) is 4. The summed E-state index contributed by atoms with van der Waals surface area (Å²) in [6, 6.07) is 11.2. The van der Waals surface area contributed by atoms with Gasteiger partial charge in [-0.05, 0) is 42.1 Å². The number of H-pyrrole nitrogens is 1. The van der Waals surface area contributed by atoms with Crippen molar-refractivity contribution in [2.75, 3.05) is 5.32 Å². The summed E-state index contributed by atoms with van der Waals surface area (Å²) < 4.78 is 1.61. The van der Waals surface area contributed by atoms with E-state index < -0.39 is 0 Å². The Kier molecular flexibility index (Phi) is 4.07. The molecule has 0 bridgehead atoms. The van der Waals surface area contributed by atoms with Gasteiger partial charge in [0.2, 0.25) is 5.91 Å². The molecule has 0 aliphatic carbocycles. The van der Waals surface area contributed by atoms with Crippen molar-refractivity contribution in [2.24, 2.45) is 0 Å². The van der Waals surface area contributed by atoms with E-state index >= 15 is 0 Å². The fourth-order valence-electron chi connectivity index (χ4n) is 2.72. The lowest BCUT2D eigenvalue weighted by atomic mass is 10.2. The average molecular weight is 355 g/mol. The Hall–Kier alpha value is -2.93. The van der Waals surface area contributed by atoms with E-state index in [1.165, 1.54) is 0 Å². The van der Waals surface area contributed by atoms with Crippen molar-refractivity contribution in [2.45, 2.75) is 19.3 Å². The van der Waals surface area contributed by atoms with Crippen LogP contribution in [-0.4, -0.2) is 30.7 Å². The van der Waals surface area contributed by atoms with Crippen molar-refractivity contribution < 1.29 is 4.79 Å². The third kappa shape index (κ3) is 3.32. The number of carbonyl (C=O) groups excluding carboxylic acids is 1. The highest BCUT2D eigenvalue weighted by atomic mass is 35.5. The monoisotopic (exact) mass is 354 g/mol. The number of halogens is 1. The topological polar surface area (TPSA) is 88.0 Å². The zero-order valence-electron chi connectivity index (χ0n) is 13.2. The van der Waals surface area contributed by atoms with Crippen LogP contribution in [0.3, 0.4) is 0 Å². The van der Waals surface area contributed by atoms with Crippen LogP contribution < -0.4 is 5.32 Å². The Morgan fingerprint density at radius 2 is 2.12 bits per heavy atom. The zero-order chi connectivity index (χ0) is 17.2. The maximum atomic E-state index is 12.1. The number of aryl methyl sites for hydroxylation is 1. The van der Waals surface area contributed by atoms with E-state index in [1.807, 2.05) is 30.5 Å². The molecule has 0 saturated carbocycles. The first kappa shape index (κ1) is 15.6. The van der Waals surface area contributed by atoms with E-state index in [9.17, 15) is 4.79 Å². The molecular formula is C17H15ClN6O. The highest BCUT2D eigenvalue weighted by Gasteiger charge is 2.09. The van der Waals surface area contributed by atoms with E-state index in [-0.39, 0.29) is 5.91 Å². The molecule has 3 aromatic heterocycles. The summed E-state index contributed by atoms with van der Waals surface area (Å²) in [7, 11) is 0. The summed E-state index contributed by atoms with van der Waals surface area (Å²) >= 11 is 5.90. The first-order valence-corrected chi connectivity index (χ1v) is 8.31. The van der Waals surface area contributed by atoms with Gasteiger partial charge >= 0.3 is 0 Å². The average Bonchev–Trinajstić information content (AvgIpc) is 3.21. The van der Waals surface area contributed by atoms with E-state index in [1.54, 1.807) is 16.6 Å². The molecule has 0 aliphatic heterocycles. The van der Waals surface area contributed by atoms with Gasteiger partial charge in [0.25, 0.3) is 0 Å². The van der Waals surface area contributed by atoms with E-state index in [0.29, 0.717) is 35.9 Å². The lowest BCUT2D eigenvalue weighted by molar-refractivity contribution is -0.116. The molecule has 7 nitrogen and oxygen atoms in total. The predicted octanol–water partition coefficient (Wildman–Crippen LogP) is 3.22. The van der Waals surface area contributed by atoms with Crippen molar-refractivity contribution in [1.82, 2.24) is 24.8 Å². The third-order valence-corrected chi connectivity index (χ3v) is 4.14.